The van der Waals surface area contributed by atoms with E-state index in [1.807, 2.05) is 36.4 Å². The number of carbonyl (C=O) groups excluding carboxylic acids is 2. The van der Waals surface area contributed by atoms with Gasteiger partial charge in [0, 0.05) is 19.1 Å². The fourth-order valence-electron chi connectivity index (χ4n) is 2.61. The summed E-state index contributed by atoms with van der Waals surface area (Å²) in [6.45, 7) is 0.414. The number of thiocarbonyl (C=S) groups is 1. The number of hydrogen-bond donors (Lipinski definition) is 0. The maximum Gasteiger partial charge on any atom is 0.265 e. The fraction of sp³-hybridized carbons (Fsp3) is 0.150. The standard InChI is InChI=1S/C20H16ClIN2O3S/c1-23-18(25)15(19(26)24(2)20(23)28)9-13-5-8-17(16(22)10-13)27-11-12-3-6-14(21)7-4-12/h3-10H,11H2,1-2H3. The first-order chi connectivity index (χ1) is 13.3. The number of hydrogen-bond acceptors (Lipinski definition) is 4. The van der Waals surface area contributed by atoms with Crippen LogP contribution in [0, 0.1) is 3.57 Å². The highest BCUT2D eigenvalue weighted by atomic mass is 127. The Morgan fingerprint density at radius 3 is 2.25 bits per heavy atom. The van der Waals surface area contributed by atoms with Crippen LogP contribution in [0.1, 0.15) is 11.1 Å². The molecule has 1 saturated heterocycles. The van der Waals surface area contributed by atoms with Gasteiger partial charge in [-0.15, -0.1) is 0 Å². The molecule has 0 saturated carbocycles. The van der Waals surface area contributed by atoms with Gasteiger partial charge >= 0.3 is 0 Å². The molecular formula is C20H16ClIN2O3S. The molecule has 2 aromatic carbocycles. The van der Waals surface area contributed by atoms with Crippen LogP contribution in [0.2, 0.25) is 5.02 Å². The minimum atomic E-state index is -0.411. The molecule has 0 unspecified atom stereocenters. The van der Waals surface area contributed by atoms with E-state index in [2.05, 4.69) is 22.6 Å². The molecule has 3 rings (SSSR count). The summed E-state index contributed by atoms with van der Waals surface area (Å²) in [5.74, 6) is -0.105. The smallest absolute Gasteiger partial charge is 0.265 e. The van der Waals surface area contributed by atoms with Gasteiger partial charge in [-0.3, -0.25) is 19.4 Å². The quantitative estimate of drug-likeness (QED) is 0.260. The van der Waals surface area contributed by atoms with Crippen LogP contribution in [0.25, 0.3) is 6.08 Å². The van der Waals surface area contributed by atoms with Gasteiger partial charge in [0.05, 0.1) is 3.57 Å². The zero-order valence-electron chi connectivity index (χ0n) is 15.1. The number of nitrogens with zero attached hydrogens (tertiary/aromatic N) is 2. The molecule has 8 heteroatoms. The number of rotatable bonds is 4. The monoisotopic (exact) mass is 526 g/mol. The molecule has 0 aliphatic carbocycles. The van der Waals surface area contributed by atoms with Crippen molar-refractivity contribution in [3.8, 4) is 5.75 Å². The topological polar surface area (TPSA) is 49.9 Å². The lowest BCUT2D eigenvalue weighted by atomic mass is 10.1. The Hall–Kier alpha value is -1.97. The number of carbonyl (C=O) groups is 2. The lowest BCUT2D eigenvalue weighted by Crippen LogP contribution is -2.52. The lowest BCUT2D eigenvalue weighted by Gasteiger charge is -2.31. The average Bonchev–Trinajstić information content (AvgIpc) is 2.69. The Labute approximate surface area is 187 Å². The highest BCUT2D eigenvalue weighted by Crippen LogP contribution is 2.26. The van der Waals surface area contributed by atoms with Crippen molar-refractivity contribution in [2.45, 2.75) is 6.61 Å². The second-order valence-corrected chi connectivity index (χ2v) is 8.14. The van der Waals surface area contributed by atoms with E-state index in [4.69, 9.17) is 28.6 Å². The largest absolute Gasteiger partial charge is 0.488 e. The van der Waals surface area contributed by atoms with Crippen molar-refractivity contribution in [3.05, 3.63) is 67.8 Å². The summed E-state index contributed by atoms with van der Waals surface area (Å²) in [4.78, 5) is 27.4. The SMILES string of the molecule is CN1C(=O)C(=Cc2ccc(OCc3ccc(Cl)cc3)c(I)c2)C(=O)N(C)C1=S. The van der Waals surface area contributed by atoms with Crippen molar-refractivity contribution in [1.29, 1.82) is 0 Å². The lowest BCUT2D eigenvalue weighted by molar-refractivity contribution is -0.132. The van der Waals surface area contributed by atoms with Crippen molar-refractivity contribution in [2.24, 2.45) is 0 Å². The zero-order valence-corrected chi connectivity index (χ0v) is 18.8. The molecule has 2 amide bonds. The summed E-state index contributed by atoms with van der Waals surface area (Å²) in [5.41, 5.74) is 1.81. The highest BCUT2D eigenvalue weighted by molar-refractivity contribution is 14.1. The van der Waals surface area contributed by atoms with Gasteiger partial charge in [0.2, 0.25) is 0 Å². The first kappa shape index (κ1) is 20.8. The predicted molar refractivity (Wildman–Crippen MR) is 121 cm³/mol. The number of halogens is 2. The molecule has 0 spiro atoms. The molecule has 1 fully saturated rings. The van der Waals surface area contributed by atoms with Crippen molar-refractivity contribution in [1.82, 2.24) is 9.80 Å². The molecule has 0 radical (unpaired) electrons. The first-order valence-corrected chi connectivity index (χ1v) is 10.1. The molecule has 2 aromatic rings. The Bertz CT molecular complexity index is 965. The highest BCUT2D eigenvalue weighted by Gasteiger charge is 2.35. The van der Waals surface area contributed by atoms with Gasteiger partial charge in [0.25, 0.3) is 11.8 Å². The van der Waals surface area contributed by atoms with E-state index in [9.17, 15) is 9.59 Å². The zero-order chi connectivity index (χ0) is 20.4. The van der Waals surface area contributed by atoms with Crippen LogP contribution < -0.4 is 4.74 Å². The van der Waals surface area contributed by atoms with Crippen LogP contribution in [0.15, 0.2) is 48.0 Å². The molecule has 0 atom stereocenters. The molecule has 144 valence electrons. The molecule has 1 heterocycles. The second-order valence-electron chi connectivity index (χ2n) is 6.17. The third kappa shape index (κ3) is 4.37. The Morgan fingerprint density at radius 1 is 1.07 bits per heavy atom. The molecule has 1 aliphatic heterocycles. The maximum absolute atomic E-state index is 12.4. The van der Waals surface area contributed by atoms with Crippen molar-refractivity contribution in [3.63, 3.8) is 0 Å². The van der Waals surface area contributed by atoms with Crippen LogP contribution in [0.5, 0.6) is 5.75 Å². The van der Waals surface area contributed by atoms with Crippen LogP contribution in [-0.4, -0.2) is 40.8 Å². The fourth-order valence-corrected chi connectivity index (χ4v) is 3.59. The third-order valence-corrected chi connectivity index (χ3v) is 5.86. The molecule has 0 aromatic heterocycles. The summed E-state index contributed by atoms with van der Waals surface area (Å²) < 4.78 is 6.73. The van der Waals surface area contributed by atoms with Gasteiger partial charge in [-0.1, -0.05) is 29.8 Å². The summed E-state index contributed by atoms with van der Waals surface area (Å²) in [6, 6.07) is 12.9. The van der Waals surface area contributed by atoms with Gasteiger partial charge in [-0.25, -0.2) is 0 Å². The van der Waals surface area contributed by atoms with E-state index in [0.29, 0.717) is 11.6 Å². The maximum atomic E-state index is 12.4. The Balaban J connectivity index is 1.79. The number of amides is 2. The molecule has 5 nitrogen and oxygen atoms in total. The van der Waals surface area contributed by atoms with E-state index < -0.39 is 11.8 Å². The van der Waals surface area contributed by atoms with Gasteiger partial charge in [-0.2, -0.15) is 0 Å². The number of benzene rings is 2. The van der Waals surface area contributed by atoms with Gasteiger partial charge in [-0.05, 0) is 76.3 Å². The van der Waals surface area contributed by atoms with E-state index in [-0.39, 0.29) is 10.7 Å². The Morgan fingerprint density at radius 2 is 1.68 bits per heavy atom. The number of ether oxygens (including phenoxy) is 1. The summed E-state index contributed by atoms with van der Waals surface area (Å²) in [6.07, 6.45) is 1.57. The van der Waals surface area contributed by atoms with E-state index in [0.717, 1.165) is 20.4 Å². The van der Waals surface area contributed by atoms with Crippen LogP contribution >= 0.6 is 46.4 Å². The minimum Gasteiger partial charge on any atom is -0.488 e. The minimum absolute atomic E-state index is 0.0734. The Kier molecular flexibility index (Phi) is 6.36. The van der Waals surface area contributed by atoms with E-state index >= 15 is 0 Å². The van der Waals surface area contributed by atoms with Crippen molar-refractivity contribution < 1.29 is 14.3 Å². The van der Waals surface area contributed by atoms with E-state index in [1.165, 1.54) is 9.80 Å². The van der Waals surface area contributed by atoms with E-state index in [1.54, 1.807) is 26.2 Å². The van der Waals surface area contributed by atoms with Crippen molar-refractivity contribution in [2.75, 3.05) is 14.1 Å². The average molecular weight is 527 g/mol. The molecular weight excluding hydrogens is 511 g/mol. The predicted octanol–water partition coefficient (Wildman–Crippen LogP) is 4.12. The summed E-state index contributed by atoms with van der Waals surface area (Å²) >= 11 is 13.1. The van der Waals surface area contributed by atoms with Gasteiger partial charge in [0.15, 0.2) is 5.11 Å². The van der Waals surface area contributed by atoms with Crippen LogP contribution in [-0.2, 0) is 16.2 Å². The van der Waals surface area contributed by atoms with Crippen molar-refractivity contribution >= 4 is 69.4 Å². The third-order valence-electron chi connectivity index (χ3n) is 4.22. The summed E-state index contributed by atoms with van der Waals surface area (Å²) in [5, 5.41) is 0.868. The molecule has 1 aliphatic rings. The first-order valence-electron chi connectivity index (χ1n) is 8.26. The van der Waals surface area contributed by atoms with Gasteiger partial charge < -0.3 is 4.74 Å². The summed E-state index contributed by atoms with van der Waals surface area (Å²) in [7, 11) is 3.11. The number of likely N-dealkylation sites (N-methyl/N-ethyl adjacent to an activating group) is 2. The molecule has 0 N–H and O–H groups in total. The van der Waals surface area contributed by atoms with Crippen LogP contribution in [0.3, 0.4) is 0 Å². The van der Waals surface area contributed by atoms with Crippen LogP contribution in [0.4, 0.5) is 0 Å². The van der Waals surface area contributed by atoms with Gasteiger partial charge in [0.1, 0.15) is 17.9 Å². The second kappa shape index (κ2) is 8.59. The normalized spacial score (nSPS) is 14.6. The molecule has 28 heavy (non-hydrogen) atoms. The molecule has 0 bridgehead atoms.